The van der Waals surface area contributed by atoms with Crippen LogP contribution in [0.1, 0.15) is 322 Å². The minimum absolute atomic E-state index is 0.184. The van der Waals surface area contributed by atoms with E-state index in [1.165, 1.54) is 212 Å². The highest BCUT2D eigenvalue weighted by atomic mass is 16.7. The first-order chi connectivity index (χ1) is 42.6. The van der Waals surface area contributed by atoms with Crippen LogP contribution in [0.15, 0.2) is 97.2 Å². The van der Waals surface area contributed by atoms with E-state index in [2.05, 4.69) is 111 Å². The van der Waals surface area contributed by atoms with Crippen LogP contribution in [0.25, 0.3) is 0 Å². The van der Waals surface area contributed by atoms with E-state index in [0.717, 1.165) is 83.5 Å². The van der Waals surface area contributed by atoms with Gasteiger partial charge in [-0.25, -0.2) is 4.79 Å². The van der Waals surface area contributed by atoms with Gasteiger partial charge in [-0.1, -0.05) is 310 Å². The van der Waals surface area contributed by atoms with E-state index in [0.29, 0.717) is 17.4 Å². The van der Waals surface area contributed by atoms with Gasteiger partial charge in [0.05, 0.1) is 34.4 Å². The molecule has 0 heterocycles. The zero-order valence-corrected chi connectivity index (χ0v) is 57.4. The summed E-state index contributed by atoms with van der Waals surface area (Å²) >= 11 is 0. The van der Waals surface area contributed by atoms with Crippen LogP contribution in [0.4, 0.5) is 0 Å². The number of quaternary nitrogens is 1. The number of esters is 2. The number of nitrogens with zero attached hydrogens (tertiary/aromatic N) is 1. The molecule has 2 atom stereocenters. The zero-order valence-electron chi connectivity index (χ0n) is 57.4. The van der Waals surface area contributed by atoms with Crippen molar-refractivity contribution >= 4 is 17.9 Å². The van der Waals surface area contributed by atoms with Gasteiger partial charge in [0, 0.05) is 12.8 Å². The van der Waals surface area contributed by atoms with Gasteiger partial charge >= 0.3 is 17.9 Å². The molecule has 2 unspecified atom stereocenters. The van der Waals surface area contributed by atoms with Crippen molar-refractivity contribution in [1.29, 1.82) is 0 Å². The Balaban J connectivity index is 4.00. The average Bonchev–Trinajstić information content (AvgIpc) is 3.59. The summed E-state index contributed by atoms with van der Waals surface area (Å²) in [6, 6.07) is 0. The molecule has 0 saturated carbocycles. The summed E-state index contributed by atoms with van der Waals surface area (Å²) < 4.78 is 23.0. The van der Waals surface area contributed by atoms with Crippen LogP contribution in [-0.2, 0) is 33.3 Å². The average molecular weight is 1220 g/mol. The summed E-state index contributed by atoms with van der Waals surface area (Å²) in [6.45, 7) is 4.78. The predicted molar refractivity (Wildman–Crippen MR) is 373 cm³/mol. The summed E-state index contributed by atoms with van der Waals surface area (Å²) in [6.07, 6.45) is 91.1. The fourth-order valence-corrected chi connectivity index (χ4v) is 10.3. The Hall–Kier alpha value is -3.79. The van der Waals surface area contributed by atoms with Gasteiger partial charge in [-0.15, -0.1) is 0 Å². The maximum absolute atomic E-state index is 13.0. The van der Waals surface area contributed by atoms with Gasteiger partial charge in [0.15, 0.2) is 6.10 Å². The van der Waals surface area contributed by atoms with Crippen LogP contribution in [-0.4, -0.2) is 87.4 Å². The number of rotatable bonds is 67. The Morgan fingerprint density at radius 2 is 0.655 bits per heavy atom. The topological polar surface area (TPSA) is 108 Å². The number of likely N-dealkylation sites (N-methyl/N-ethyl adjacent to an activating group) is 1. The number of carboxylic acid groups (broad SMARTS) is 1. The summed E-state index contributed by atoms with van der Waals surface area (Å²) in [5.74, 6) is -2.00. The normalized spacial score (nSPS) is 13.3. The Kier molecular flexibility index (Phi) is 65.2. The summed E-state index contributed by atoms with van der Waals surface area (Å²) in [7, 11) is 5.98. The molecule has 0 spiro atoms. The molecule has 0 fully saturated rings. The van der Waals surface area contributed by atoms with Gasteiger partial charge in [0.1, 0.15) is 13.2 Å². The van der Waals surface area contributed by atoms with Gasteiger partial charge in [0.25, 0.3) is 6.29 Å². The molecule has 0 bridgehead atoms. The van der Waals surface area contributed by atoms with Crippen molar-refractivity contribution in [2.75, 3.05) is 47.5 Å². The molecule has 0 rings (SSSR count). The lowest BCUT2D eigenvalue weighted by molar-refractivity contribution is -0.870. The number of hydrogen-bond donors (Lipinski definition) is 1. The lowest BCUT2D eigenvalue weighted by atomic mass is 10.0. The maximum atomic E-state index is 13.0. The number of allylic oxidation sites excluding steroid dienone is 16. The van der Waals surface area contributed by atoms with Crippen LogP contribution in [0.5, 0.6) is 0 Å². The van der Waals surface area contributed by atoms with Crippen molar-refractivity contribution in [3.8, 4) is 0 Å². The second-order valence-electron chi connectivity index (χ2n) is 25.5. The smallest absolute Gasteiger partial charge is 0.361 e. The van der Waals surface area contributed by atoms with E-state index in [4.69, 9.17) is 18.9 Å². The molecule has 502 valence electrons. The molecular weight excluding hydrogens is 1080 g/mol. The Labute approximate surface area is 537 Å². The van der Waals surface area contributed by atoms with Crippen molar-refractivity contribution in [1.82, 2.24) is 0 Å². The lowest BCUT2D eigenvalue weighted by Crippen LogP contribution is -2.40. The SMILES string of the molecule is CC/C=C\C/C=C\C/C=C\C/C=C\C/C=C\C/C=C\CCCCCCCCCCCCCCCCCCCCCCCCC(=O)OC(COC(=O)CCCCCCCCCCC/C=C\C/C=C\CCCCCCC)COC(OCC[N+](C)(C)C)C(=O)O. The van der Waals surface area contributed by atoms with Crippen molar-refractivity contribution in [3.05, 3.63) is 97.2 Å². The molecule has 9 heteroatoms. The monoisotopic (exact) mass is 1220 g/mol. The molecule has 0 aliphatic heterocycles. The highest BCUT2D eigenvalue weighted by Crippen LogP contribution is 2.18. The third-order valence-electron chi connectivity index (χ3n) is 15.8. The Bertz CT molecular complexity index is 1750. The van der Waals surface area contributed by atoms with Gasteiger partial charge in [-0.05, 0) is 96.3 Å². The molecule has 9 nitrogen and oxygen atoms in total. The third-order valence-corrected chi connectivity index (χ3v) is 15.8. The molecule has 0 aromatic rings. The van der Waals surface area contributed by atoms with Crippen molar-refractivity contribution in [3.63, 3.8) is 0 Å². The van der Waals surface area contributed by atoms with Crippen molar-refractivity contribution < 1.29 is 42.9 Å². The standard InChI is InChI=1S/C78H137NO8/c1-6-8-10-12-14-16-18-20-22-24-26-28-29-30-31-32-33-34-35-36-37-38-39-40-41-42-43-44-45-46-47-49-51-53-55-57-59-61-63-65-67-69-76(81)87-74(73-86-78(77(82)83)84-71-70-79(3,4)5)72-85-75(80)68-66-64-62-60-58-56-54-52-50-48-27-25-23-21-19-17-15-13-11-9-7-2/h8,10,14,16,19-22,25-28,30-31,33-34,74,78H,6-7,9,11-13,15,17-18,23-24,29,32,35-73H2,1-5H3/p+1/b10-8-,16-14-,21-19-,22-20-,27-25-,28-26-,31-30-,34-33-. The maximum Gasteiger partial charge on any atom is 0.361 e. The first-order valence-corrected chi connectivity index (χ1v) is 36.4. The molecule has 87 heavy (non-hydrogen) atoms. The summed E-state index contributed by atoms with van der Waals surface area (Å²) in [5.41, 5.74) is 0. The van der Waals surface area contributed by atoms with Gasteiger partial charge < -0.3 is 28.5 Å². The minimum Gasteiger partial charge on any atom is -0.477 e. The number of unbranched alkanes of at least 4 members (excludes halogenated alkanes) is 36. The second-order valence-corrected chi connectivity index (χ2v) is 25.5. The van der Waals surface area contributed by atoms with E-state index >= 15 is 0 Å². The van der Waals surface area contributed by atoms with E-state index < -0.39 is 24.3 Å². The van der Waals surface area contributed by atoms with Gasteiger partial charge in [0.2, 0.25) is 0 Å². The molecule has 0 aromatic heterocycles. The number of aliphatic carboxylic acids is 1. The first kappa shape index (κ1) is 83.2. The number of carbonyl (C=O) groups excluding carboxylic acids is 2. The van der Waals surface area contributed by atoms with Gasteiger partial charge in [-0.3, -0.25) is 9.59 Å². The predicted octanol–water partition coefficient (Wildman–Crippen LogP) is 22.8. The first-order valence-electron chi connectivity index (χ1n) is 36.4. The molecule has 0 aromatic carbocycles. The largest absolute Gasteiger partial charge is 0.477 e. The van der Waals surface area contributed by atoms with Crippen molar-refractivity contribution in [2.24, 2.45) is 0 Å². The van der Waals surface area contributed by atoms with Gasteiger partial charge in [-0.2, -0.15) is 0 Å². The van der Waals surface area contributed by atoms with Crippen LogP contribution in [0.2, 0.25) is 0 Å². The quantitative estimate of drug-likeness (QED) is 0.0211. The zero-order chi connectivity index (χ0) is 63.3. The van der Waals surface area contributed by atoms with E-state index in [9.17, 15) is 19.5 Å². The number of ether oxygens (including phenoxy) is 4. The second kappa shape index (κ2) is 68.1. The molecule has 0 aliphatic carbocycles. The molecule has 0 aliphatic rings. The highest BCUT2D eigenvalue weighted by Gasteiger charge is 2.25. The number of carboxylic acids is 1. The van der Waals surface area contributed by atoms with Crippen LogP contribution < -0.4 is 0 Å². The molecular formula is C78H138NO8+. The molecule has 1 N–H and O–H groups in total. The number of carbonyl (C=O) groups is 3. The highest BCUT2D eigenvalue weighted by molar-refractivity contribution is 5.71. The third kappa shape index (κ3) is 69.5. The fraction of sp³-hybridized carbons (Fsp3) is 0.756. The number of hydrogen-bond acceptors (Lipinski definition) is 7. The van der Waals surface area contributed by atoms with E-state index in [1.807, 2.05) is 21.1 Å². The minimum atomic E-state index is -1.51. The van der Waals surface area contributed by atoms with Crippen molar-refractivity contribution in [2.45, 2.75) is 334 Å². The van der Waals surface area contributed by atoms with E-state index in [1.54, 1.807) is 0 Å². The molecule has 0 amide bonds. The van der Waals surface area contributed by atoms with Crippen LogP contribution >= 0.6 is 0 Å². The molecule has 0 saturated heterocycles. The molecule has 0 radical (unpaired) electrons. The van der Waals surface area contributed by atoms with Crippen LogP contribution in [0.3, 0.4) is 0 Å². The lowest BCUT2D eigenvalue weighted by Gasteiger charge is -2.25. The van der Waals surface area contributed by atoms with Crippen LogP contribution in [0, 0.1) is 0 Å². The van der Waals surface area contributed by atoms with E-state index in [-0.39, 0.29) is 32.2 Å². The summed E-state index contributed by atoms with van der Waals surface area (Å²) in [4.78, 5) is 37.6. The Morgan fingerprint density at radius 1 is 0.356 bits per heavy atom. The summed E-state index contributed by atoms with van der Waals surface area (Å²) in [5, 5.41) is 9.75. The fourth-order valence-electron chi connectivity index (χ4n) is 10.3. The Morgan fingerprint density at radius 3 is 0.977 bits per heavy atom.